The second kappa shape index (κ2) is 7.52. The van der Waals surface area contributed by atoms with Gasteiger partial charge in [-0.25, -0.2) is 0 Å². The lowest BCUT2D eigenvalue weighted by atomic mass is 10.0. The highest BCUT2D eigenvalue weighted by Crippen LogP contribution is 2.13. The number of rotatable bonds is 7. The Hall–Kier alpha value is -0.900. The molecule has 0 aromatic heterocycles. The van der Waals surface area contributed by atoms with Crippen molar-refractivity contribution in [2.75, 3.05) is 27.3 Å². The molecule has 2 N–H and O–H groups in total. The van der Waals surface area contributed by atoms with Gasteiger partial charge in [0.2, 0.25) is 0 Å². The topological polar surface area (TPSA) is 38.5 Å². The third kappa shape index (κ3) is 4.41. The van der Waals surface area contributed by atoms with Crippen LogP contribution in [0.2, 0.25) is 0 Å². The molecule has 0 spiro atoms. The van der Waals surface area contributed by atoms with Crippen molar-refractivity contribution < 1.29 is 4.74 Å². The molecule has 2 unspecified atom stereocenters. The summed E-state index contributed by atoms with van der Waals surface area (Å²) in [5, 5.41) is 0. The van der Waals surface area contributed by atoms with Crippen molar-refractivity contribution in [2.45, 2.75) is 26.4 Å². The Kier molecular flexibility index (Phi) is 6.33. The Morgan fingerprint density at radius 3 is 2.67 bits per heavy atom. The Morgan fingerprint density at radius 1 is 1.39 bits per heavy atom. The van der Waals surface area contributed by atoms with Gasteiger partial charge in [-0.15, -0.1) is 0 Å². The van der Waals surface area contributed by atoms with Crippen molar-refractivity contribution in [3.63, 3.8) is 0 Å². The molecule has 0 amide bonds. The van der Waals surface area contributed by atoms with Gasteiger partial charge in [0.15, 0.2) is 0 Å². The Bertz CT molecular complexity index is 354. The van der Waals surface area contributed by atoms with Crippen LogP contribution in [0.25, 0.3) is 0 Å². The maximum atomic E-state index is 5.89. The van der Waals surface area contributed by atoms with Gasteiger partial charge in [0, 0.05) is 26.2 Å². The normalized spacial score (nSPS) is 14.8. The number of hydrogen-bond donors (Lipinski definition) is 1. The minimum absolute atomic E-state index is 0.352. The molecule has 102 valence electrons. The van der Waals surface area contributed by atoms with E-state index in [1.165, 1.54) is 11.1 Å². The van der Waals surface area contributed by atoms with E-state index in [1.807, 2.05) is 0 Å². The summed E-state index contributed by atoms with van der Waals surface area (Å²) >= 11 is 0. The molecular formula is C15H26N2O. The van der Waals surface area contributed by atoms with Crippen molar-refractivity contribution >= 4 is 0 Å². The Labute approximate surface area is 111 Å². The molecule has 0 aliphatic carbocycles. The number of benzene rings is 1. The maximum Gasteiger partial charge on any atom is 0.0503 e. The average molecular weight is 250 g/mol. The fraction of sp³-hybridized carbons (Fsp3) is 0.600. The summed E-state index contributed by atoms with van der Waals surface area (Å²) in [6.45, 7) is 6.65. The van der Waals surface area contributed by atoms with Crippen molar-refractivity contribution in [1.29, 1.82) is 0 Å². The largest absolute Gasteiger partial charge is 0.384 e. The number of aryl methyl sites for hydroxylation is 1. The van der Waals surface area contributed by atoms with Gasteiger partial charge in [-0.2, -0.15) is 0 Å². The second-order valence-electron chi connectivity index (χ2n) is 5.14. The van der Waals surface area contributed by atoms with Crippen LogP contribution in [0.3, 0.4) is 0 Å². The fourth-order valence-electron chi connectivity index (χ4n) is 2.44. The van der Waals surface area contributed by atoms with E-state index in [9.17, 15) is 0 Å². The molecule has 1 aromatic rings. The molecule has 0 saturated heterocycles. The molecule has 0 radical (unpaired) electrons. The number of nitrogens with zero attached hydrogens (tertiary/aromatic N) is 1. The predicted molar refractivity (Wildman–Crippen MR) is 76.5 cm³/mol. The molecule has 2 atom stereocenters. The van der Waals surface area contributed by atoms with Gasteiger partial charge in [-0.1, -0.05) is 36.8 Å². The molecule has 3 nitrogen and oxygen atoms in total. The van der Waals surface area contributed by atoms with Crippen molar-refractivity contribution in [2.24, 2.45) is 11.7 Å². The minimum Gasteiger partial charge on any atom is -0.384 e. The zero-order valence-electron chi connectivity index (χ0n) is 12.0. The number of likely N-dealkylation sites (N-methyl/N-ethyl adjacent to an activating group) is 1. The van der Waals surface area contributed by atoms with E-state index in [1.54, 1.807) is 7.11 Å². The molecule has 1 rings (SSSR count). The standard InChI is InChI=1S/C15H26N2O/c1-12-6-5-7-14(8-12)10-17(3)15(9-16)13(2)11-18-4/h5-8,13,15H,9-11,16H2,1-4H3. The van der Waals surface area contributed by atoms with Crippen LogP contribution in [0.4, 0.5) is 0 Å². The van der Waals surface area contributed by atoms with E-state index in [0.29, 0.717) is 18.5 Å². The predicted octanol–water partition coefficient (Wildman–Crippen LogP) is 2.04. The van der Waals surface area contributed by atoms with E-state index in [4.69, 9.17) is 10.5 Å². The maximum absolute atomic E-state index is 5.89. The zero-order chi connectivity index (χ0) is 13.5. The number of methoxy groups -OCH3 is 1. The van der Waals surface area contributed by atoms with E-state index >= 15 is 0 Å². The summed E-state index contributed by atoms with van der Waals surface area (Å²) in [6.07, 6.45) is 0. The number of hydrogen-bond acceptors (Lipinski definition) is 3. The molecule has 0 aliphatic heterocycles. The summed E-state index contributed by atoms with van der Waals surface area (Å²) in [6, 6.07) is 8.97. The third-order valence-corrected chi connectivity index (χ3v) is 3.41. The monoisotopic (exact) mass is 250 g/mol. The van der Waals surface area contributed by atoms with Gasteiger partial charge in [0.05, 0.1) is 6.61 Å². The van der Waals surface area contributed by atoms with Crippen LogP contribution in [-0.2, 0) is 11.3 Å². The summed E-state index contributed by atoms with van der Waals surface area (Å²) in [5.41, 5.74) is 8.53. The highest BCUT2D eigenvalue weighted by molar-refractivity contribution is 5.22. The number of ether oxygens (including phenoxy) is 1. The Morgan fingerprint density at radius 2 is 2.11 bits per heavy atom. The molecule has 0 bridgehead atoms. The van der Waals surface area contributed by atoms with Gasteiger partial charge >= 0.3 is 0 Å². The minimum atomic E-state index is 0.352. The first-order valence-corrected chi connectivity index (χ1v) is 6.53. The first-order valence-electron chi connectivity index (χ1n) is 6.53. The third-order valence-electron chi connectivity index (χ3n) is 3.41. The van der Waals surface area contributed by atoms with E-state index in [2.05, 4.69) is 50.1 Å². The molecule has 0 aliphatic rings. The van der Waals surface area contributed by atoms with Gasteiger partial charge < -0.3 is 10.5 Å². The van der Waals surface area contributed by atoms with Crippen molar-refractivity contribution in [3.8, 4) is 0 Å². The van der Waals surface area contributed by atoms with Crippen LogP contribution in [0.15, 0.2) is 24.3 Å². The van der Waals surface area contributed by atoms with Crippen molar-refractivity contribution in [3.05, 3.63) is 35.4 Å². The van der Waals surface area contributed by atoms with Crippen LogP contribution in [0.5, 0.6) is 0 Å². The lowest BCUT2D eigenvalue weighted by molar-refractivity contribution is 0.0953. The van der Waals surface area contributed by atoms with E-state index < -0.39 is 0 Å². The van der Waals surface area contributed by atoms with E-state index in [0.717, 1.165) is 13.2 Å². The highest BCUT2D eigenvalue weighted by atomic mass is 16.5. The first-order chi connectivity index (χ1) is 8.58. The molecule has 3 heteroatoms. The lowest BCUT2D eigenvalue weighted by Gasteiger charge is -2.31. The van der Waals surface area contributed by atoms with Crippen LogP contribution >= 0.6 is 0 Å². The summed E-state index contributed by atoms with van der Waals surface area (Å²) < 4.78 is 5.22. The van der Waals surface area contributed by atoms with Crippen LogP contribution in [-0.4, -0.2) is 38.3 Å². The molecule has 18 heavy (non-hydrogen) atoms. The lowest BCUT2D eigenvalue weighted by Crippen LogP contribution is -2.43. The van der Waals surface area contributed by atoms with Crippen LogP contribution in [0, 0.1) is 12.8 Å². The quantitative estimate of drug-likeness (QED) is 0.805. The molecular weight excluding hydrogens is 224 g/mol. The summed E-state index contributed by atoms with van der Waals surface area (Å²) in [4.78, 5) is 2.32. The fourth-order valence-corrected chi connectivity index (χ4v) is 2.44. The van der Waals surface area contributed by atoms with E-state index in [-0.39, 0.29) is 0 Å². The van der Waals surface area contributed by atoms with Gasteiger partial charge in [0.25, 0.3) is 0 Å². The van der Waals surface area contributed by atoms with Gasteiger partial charge in [-0.3, -0.25) is 4.90 Å². The number of nitrogens with two attached hydrogens (primary N) is 1. The van der Waals surface area contributed by atoms with Gasteiger partial charge in [0.1, 0.15) is 0 Å². The average Bonchev–Trinajstić information content (AvgIpc) is 2.30. The molecule has 0 heterocycles. The second-order valence-corrected chi connectivity index (χ2v) is 5.14. The van der Waals surface area contributed by atoms with Gasteiger partial charge in [-0.05, 0) is 25.5 Å². The summed E-state index contributed by atoms with van der Waals surface area (Å²) in [5.74, 6) is 0.440. The van der Waals surface area contributed by atoms with Crippen LogP contribution < -0.4 is 5.73 Å². The summed E-state index contributed by atoms with van der Waals surface area (Å²) in [7, 11) is 3.87. The molecule has 0 fully saturated rings. The molecule has 0 saturated carbocycles. The molecule has 1 aromatic carbocycles. The van der Waals surface area contributed by atoms with Crippen LogP contribution in [0.1, 0.15) is 18.1 Å². The highest BCUT2D eigenvalue weighted by Gasteiger charge is 2.20. The SMILES string of the molecule is COCC(C)C(CN)N(C)Cc1cccc(C)c1. The Balaban J connectivity index is 2.64. The zero-order valence-corrected chi connectivity index (χ0v) is 12.0. The smallest absolute Gasteiger partial charge is 0.0503 e. The van der Waals surface area contributed by atoms with Crippen molar-refractivity contribution in [1.82, 2.24) is 4.90 Å². The first kappa shape index (κ1) is 15.2.